The molecule has 1 aromatic heterocycles. The predicted octanol–water partition coefficient (Wildman–Crippen LogP) is 4.01. The molecule has 1 unspecified atom stereocenters. The van der Waals surface area contributed by atoms with Crippen LogP contribution in [0.1, 0.15) is 24.1 Å². The number of rotatable bonds is 4. The normalized spacial score (nSPS) is 18.4. The zero-order valence-electron chi connectivity index (χ0n) is 14.7. The van der Waals surface area contributed by atoms with Gasteiger partial charge in [-0.25, -0.2) is 9.97 Å². The van der Waals surface area contributed by atoms with E-state index in [1.807, 2.05) is 19.2 Å². The van der Waals surface area contributed by atoms with E-state index < -0.39 is 0 Å². The van der Waals surface area contributed by atoms with Crippen molar-refractivity contribution >= 4 is 16.7 Å². The minimum atomic E-state index is 0.408. The van der Waals surface area contributed by atoms with Crippen molar-refractivity contribution in [2.75, 3.05) is 18.4 Å². The summed E-state index contributed by atoms with van der Waals surface area (Å²) in [7, 11) is 0. The maximum Gasteiger partial charge on any atom is 0.223 e. The number of aromatic nitrogens is 2. The molecule has 2 aromatic carbocycles. The molecule has 25 heavy (non-hydrogen) atoms. The molecule has 1 aliphatic rings. The van der Waals surface area contributed by atoms with E-state index in [0.29, 0.717) is 6.04 Å². The van der Waals surface area contributed by atoms with E-state index in [2.05, 4.69) is 62.6 Å². The summed E-state index contributed by atoms with van der Waals surface area (Å²) >= 11 is 0. The quantitative estimate of drug-likeness (QED) is 0.783. The van der Waals surface area contributed by atoms with Crippen LogP contribution in [-0.2, 0) is 6.54 Å². The second-order valence-electron chi connectivity index (χ2n) is 6.88. The van der Waals surface area contributed by atoms with Crippen LogP contribution in [0.5, 0.6) is 0 Å². The number of benzene rings is 2. The summed E-state index contributed by atoms with van der Waals surface area (Å²) in [6.45, 7) is 5.17. The molecule has 1 atom stereocenters. The van der Waals surface area contributed by atoms with Crippen LogP contribution in [0.3, 0.4) is 0 Å². The zero-order chi connectivity index (χ0) is 17.1. The Morgan fingerprint density at radius 1 is 1.12 bits per heavy atom. The topological polar surface area (TPSA) is 41.1 Å². The Bertz CT molecular complexity index is 856. The van der Waals surface area contributed by atoms with Crippen LogP contribution < -0.4 is 5.32 Å². The van der Waals surface area contributed by atoms with Gasteiger partial charge in [0.15, 0.2) is 0 Å². The first kappa shape index (κ1) is 16.0. The number of fused-ring (bicyclic) bond motifs is 1. The average Bonchev–Trinajstić information content (AvgIpc) is 2.62. The molecule has 0 radical (unpaired) electrons. The molecule has 0 bridgehead atoms. The third kappa shape index (κ3) is 3.80. The van der Waals surface area contributed by atoms with Crippen molar-refractivity contribution < 1.29 is 0 Å². The molecule has 1 fully saturated rings. The summed E-state index contributed by atoms with van der Waals surface area (Å²) in [6.07, 6.45) is 4.19. The molecule has 1 aliphatic heterocycles. The van der Waals surface area contributed by atoms with Gasteiger partial charge in [-0.2, -0.15) is 0 Å². The maximum atomic E-state index is 4.48. The van der Waals surface area contributed by atoms with Crippen LogP contribution in [0.4, 0.5) is 5.95 Å². The van der Waals surface area contributed by atoms with E-state index >= 15 is 0 Å². The van der Waals surface area contributed by atoms with Crippen LogP contribution in [0.15, 0.2) is 54.7 Å². The standard InChI is InChI=1S/C21H24N4/c1-16-11-12-22-21(23-16)24-19-9-5-13-25(15-19)14-18-8-4-7-17-6-2-3-10-20(17)18/h2-4,6-8,10-12,19H,5,9,13-15H2,1H3,(H,22,23,24). The van der Waals surface area contributed by atoms with Gasteiger partial charge >= 0.3 is 0 Å². The van der Waals surface area contributed by atoms with E-state index in [1.165, 1.54) is 29.2 Å². The number of hydrogen-bond donors (Lipinski definition) is 1. The van der Waals surface area contributed by atoms with Crippen LogP contribution >= 0.6 is 0 Å². The molecule has 4 rings (SSSR count). The van der Waals surface area contributed by atoms with Gasteiger partial charge in [0.1, 0.15) is 0 Å². The van der Waals surface area contributed by atoms with Crippen molar-refractivity contribution in [3.05, 3.63) is 66.0 Å². The van der Waals surface area contributed by atoms with Gasteiger partial charge in [0.05, 0.1) is 0 Å². The third-order valence-corrected chi connectivity index (χ3v) is 4.91. The summed E-state index contributed by atoms with van der Waals surface area (Å²) < 4.78 is 0. The molecular formula is C21H24N4. The second-order valence-corrected chi connectivity index (χ2v) is 6.88. The Kier molecular flexibility index (Phi) is 4.61. The largest absolute Gasteiger partial charge is 0.350 e. The summed E-state index contributed by atoms with van der Waals surface area (Å²) in [5, 5.41) is 6.19. The van der Waals surface area contributed by atoms with E-state index in [4.69, 9.17) is 0 Å². The van der Waals surface area contributed by atoms with Gasteiger partial charge in [-0.1, -0.05) is 42.5 Å². The molecule has 4 heteroatoms. The molecule has 4 nitrogen and oxygen atoms in total. The number of nitrogens with one attached hydrogen (secondary N) is 1. The van der Waals surface area contributed by atoms with Crippen LogP contribution in [0.25, 0.3) is 10.8 Å². The highest BCUT2D eigenvalue weighted by molar-refractivity contribution is 5.85. The molecule has 1 saturated heterocycles. The monoisotopic (exact) mass is 332 g/mol. The molecule has 3 aromatic rings. The van der Waals surface area contributed by atoms with Crippen molar-refractivity contribution in [2.24, 2.45) is 0 Å². The third-order valence-electron chi connectivity index (χ3n) is 4.91. The average molecular weight is 332 g/mol. The Labute approximate surface area is 148 Å². The van der Waals surface area contributed by atoms with Gasteiger partial charge in [-0.05, 0) is 48.7 Å². The lowest BCUT2D eigenvalue weighted by Gasteiger charge is -2.33. The maximum absolute atomic E-state index is 4.48. The number of aryl methyl sites for hydroxylation is 1. The van der Waals surface area contributed by atoms with E-state index in [0.717, 1.165) is 31.3 Å². The second kappa shape index (κ2) is 7.19. The van der Waals surface area contributed by atoms with Gasteiger partial charge in [0.2, 0.25) is 5.95 Å². The summed E-state index contributed by atoms with van der Waals surface area (Å²) in [5.41, 5.74) is 2.41. The Hall–Kier alpha value is -2.46. The fraction of sp³-hybridized carbons (Fsp3) is 0.333. The smallest absolute Gasteiger partial charge is 0.223 e. The Morgan fingerprint density at radius 3 is 2.92 bits per heavy atom. The summed E-state index contributed by atoms with van der Waals surface area (Å²) in [4.78, 5) is 11.4. The Morgan fingerprint density at radius 2 is 2.00 bits per heavy atom. The first-order valence-corrected chi connectivity index (χ1v) is 9.03. The molecule has 0 spiro atoms. The zero-order valence-corrected chi connectivity index (χ0v) is 14.7. The van der Waals surface area contributed by atoms with Crippen molar-refractivity contribution in [2.45, 2.75) is 32.4 Å². The first-order chi connectivity index (χ1) is 12.3. The summed E-state index contributed by atoms with van der Waals surface area (Å²) in [6, 6.07) is 17.6. The highest BCUT2D eigenvalue weighted by Gasteiger charge is 2.21. The molecule has 128 valence electrons. The van der Waals surface area contributed by atoms with Gasteiger partial charge in [-0.3, -0.25) is 4.90 Å². The van der Waals surface area contributed by atoms with Gasteiger partial charge < -0.3 is 5.32 Å². The fourth-order valence-electron chi connectivity index (χ4n) is 3.69. The number of nitrogens with zero attached hydrogens (tertiary/aromatic N) is 3. The lowest BCUT2D eigenvalue weighted by Crippen LogP contribution is -2.41. The number of piperidine rings is 1. The van der Waals surface area contributed by atoms with Crippen LogP contribution in [0, 0.1) is 6.92 Å². The number of likely N-dealkylation sites (tertiary alicyclic amines) is 1. The van der Waals surface area contributed by atoms with Gasteiger partial charge in [0, 0.05) is 31.0 Å². The Balaban J connectivity index is 1.46. The van der Waals surface area contributed by atoms with Crippen molar-refractivity contribution in [3.8, 4) is 0 Å². The van der Waals surface area contributed by atoms with Crippen molar-refractivity contribution in [3.63, 3.8) is 0 Å². The highest BCUT2D eigenvalue weighted by atomic mass is 15.2. The highest BCUT2D eigenvalue weighted by Crippen LogP contribution is 2.22. The molecular weight excluding hydrogens is 308 g/mol. The number of anilines is 1. The predicted molar refractivity (Wildman–Crippen MR) is 103 cm³/mol. The van der Waals surface area contributed by atoms with Gasteiger partial charge in [-0.15, -0.1) is 0 Å². The van der Waals surface area contributed by atoms with E-state index in [-0.39, 0.29) is 0 Å². The molecule has 0 amide bonds. The van der Waals surface area contributed by atoms with E-state index in [1.54, 1.807) is 0 Å². The van der Waals surface area contributed by atoms with Crippen LogP contribution in [0.2, 0.25) is 0 Å². The minimum Gasteiger partial charge on any atom is -0.350 e. The lowest BCUT2D eigenvalue weighted by atomic mass is 10.0. The fourth-order valence-corrected chi connectivity index (χ4v) is 3.69. The molecule has 0 saturated carbocycles. The molecule has 1 N–H and O–H groups in total. The first-order valence-electron chi connectivity index (χ1n) is 9.03. The minimum absolute atomic E-state index is 0.408. The SMILES string of the molecule is Cc1ccnc(NC2CCCN(Cc3cccc4ccccc34)C2)n1. The van der Waals surface area contributed by atoms with Crippen molar-refractivity contribution in [1.29, 1.82) is 0 Å². The molecule has 2 heterocycles. The van der Waals surface area contributed by atoms with Crippen LogP contribution in [-0.4, -0.2) is 34.0 Å². The lowest BCUT2D eigenvalue weighted by molar-refractivity contribution is 0.209. The van der Waals surface area contributed by atoms with Crippen molar-refractivity contribution in [1.82, 2.24) is 14.9 Å². The van der Waals surface area contributed by atoms with Gasteiger partial charge in [0.25, 0.3) is 0 Å². The summed E-state index contributed by atoms with van der Waals surface area (Å²) in [5.74, 6) is 0.747. The molecule has 0 aliphatic carbocycles. The number of hydrogen-bond acceptors (Lipinski definition) is 4. The van der Waals surface area contributed by atoms with E-state index in [9.17, 15) is 0 Å².